The number of amides is 4. The molecular formula is C46H44Bi2N4O4. The second kappa shape index (κ2) is 19.0. The van der Waals surface area contributed by atoms with Gasteiger partial charge in [-0.05, 0) is 0 Å². The number of hydrogen-bond donors (Lipinski definition) is 4. The first-order chi connectivity index (χ1) is 26.7. The average molecular weight is 1130 g/mol. The van der Waals surface area contributed by atoms with Gasteiger partial charge in [-0.2, -0.15) is 0 Å². The molecular weight excluding hydrogens is 1090 g/mol. The van der Waals surface area contributed by atoms with Gasteiger partial charge in [0.2, 0.25) is 0 Å². The van der Waals surface area contributed by atoms with E-state index in [1.165, 1.54) is 19.6 Å². The van der Waals surface area contributed by atoms with Crippen LogP contribution in [0.4, 0.5) is 22.7 Å². The molecule has 0 aliphatic heterocycles. The summed E-state index contributed by atoms with van der Waals surface area (Å²) in [5.41, 5.74) is 4.54. The predicted molar refractivity (Wildman–Crippen MR) is 235 cm³/mol. The molecule has 5 aromatic carbocycles. The van der Waals surface area contributed by atoms with Crippen LogP contribution in [0.15, 0.2) is 170 Å². The van der Waals surface area contributed by atoms with Gasteiger partial charge in [0.25, 0.3) is 0 Å². The van der Waals surface area contributed by atoms with Crippen molar-refractivity contribution in [2.75, 3.05) is 21.3 Å². The van der Waals surface area contributed by atoms with Gasteiger partial charge in [0.15, 0.2) is 0 Å². The molecule has 5 aromatic rings. The third-order valence-electron chi connectivity index (χ3n) is 8.45. The van der Waals surface area contributed by atoms with E-state index in [4.69, 9.17) is 0 Å². The van der Waals surface area contributed by atoms with Crippen molar-refractivity contribution in [3.8, 4) is 0 Å². The minimum absolute atomic E-state index is 0.224. The molecule has 5 rings (SSSR count). The van der Waals surface area contributed by atoms with Gasteiger partial charge in [-0.25, -0.2) is 0 Å². The van der Waals surface area contributed by atoms with Gasteiger partial charge in [-0.3, -0.25) is 0 Å². The van der Waals surface area contributed by atoms with Crippen LogP contribution in [0.5, 0.6) is 0 Å². The zero-order chi connectivity index (χ0) is 40.5. The molecule has 0 saturated carbocycles. The molecule has 0 aliphatic rings. The summed E-state index contributed by atoms with van der Waals surface area (Å²) in [6, 6.07) is 41.3. The third-order valence-corrected chi connectivity index (χ3v) is 27.4. The van der Waals surface area contributed by atoms with Crippen LogP contribution in [0.3, 0.4) is 0 Å². The van der Waals surface area contributed by atoms with Crippen molar-refractivity contribution < 1.29 is 19.2 Å². The van der Waals surface area contributed by atoms with Crippen molar-refractivity contribution in [2.24, 2.45) is 0 Å². The molecule has 282 valence electrons. The molecule has 0 unspecified atom stereocenters. The maximum absolute atomic E-state index is 12.3. The zero-order valence-electron chi connectivity index (χ0n) is 31.9. The van der Waals surface area contributed by atoms with Gasteiger partial charge in [0.1, 0.15) is 0 Å². The molecule has 0 radical (unpaired) electrons. The van der Waals surface area contributed by atoms with E-state index in [-0.39, 0.29) is 23.6 Å². The topological polar surface area (TPSA) is 116 Å². The summed E-state index contributed by atoms with van der Waals surface area (Å²) >= 11 is -5.86. The van der Waals surface area contributed by atoms with E-state index >= 15 is 0 Å². The van der Waals surface area contributed by atoms with Crippen molar-refractivity contribution >= 4 is 110 Å². The molecule has 0 aromatic heterocycles. The maximum atomic E-state index is 12.3. The van der Waals surface area contributed by atoms with Crippen LogP contribution in [-0.2, 0) is 19.2 Å². The summed E-state index contributed by atoms with van der Waals surface area (Å²) < 4.78 is 7.41. The zero-order valence-corrected chi connectivity index (χ0v) is 38.9. The Labute approximate surface area is 344 Å². The molecule has 0 aliphatic carbocycles. The fourth-order valence-electron chi connectivity index (χ4n) is 5.37. The molecule has 4 N–H and O–H groups in total. The molecule has 0 saturated heterocycles. The molecule has 8 nitrogen and oxygen atoms in total. The summed E-state index contributed by atoms with van der Waals surface area (Å²) in [6.07, 6.45) is 0. The van der Waals surface area contributed by atoms with Crippen LogP contribution < -0.4 is 40.9 Å². The van der Waals surface area contributed by atoms with E-state index < -0.39 is 43.5 Å². The summed E-state index contributed by atoms with van der Waals surface area (Å²) in [4.78, 5) is 49.3. The fraction of sp³-hybridized carbons (Fsp3) is 0.0870. The number of nitrogens with one attached hydrogen (secondary N) is 4. The normalized spacial score (nSPS) is 10.7. The Balaban J connectivity index is 1.54. The van der Waals surface area contributed by atoms with Crippen molar-refractivity contribution in [3.05, 3.63) is 170 Å². The van der Waals surface area contributed by atoms with Gasteiger partial charge in [0.05, 0.1) is 0 Å². The van der Waals surface area contributed by atoms with Gasteiger partial charge < -0.3 is 0 Å². The van der Waals surface area contributed by atoms with E-state index in [0.29, 0.717) is 45.0 Å². The van der Waals surface area contributed by atoms with Crippen LogP contribution in [0.25, 0.3) is 0 Å². The van der Waals surface area contributed by atoms with Crippen LogP contribution in [0.2, 0.25) is 0 Å². The van der Waals surface area contributed by atoms with E-state index in [1.807, 2.05) is 48.5 Å². The summed E-state index contributed by atoms with van der Waals surface area (Å²) in [6.45, 7) is 21.7. The Morgan fingerprint density at radius 2 is 0.464 bits per heavy atom. The molecule has 0 fully saturated rings. The Morgan fingerprint density at radius 1 is 0.321 bits per heavy atom. The van der Waals surface area contributed by atoms with Gasteiger partial charge >= 0.3 is 348 Å². The van der Waals surface area contributed by atoms with E-state index in [0.717, 1.165) is 0 Å². The fourth-order valence-corrected chi connectivity index (χ4v) is 22.8. The van der Waals surface area contributed by atoms with Crippen molar-refractivity contribution in [3.63, 3.8) is 0 Å². The Morgan fingerprint density at radius 3 is 0.607 bits per heavy atom. The van der Waals surface area contributed by atoms with Crippen LogP contribution in [0.1, 0.15) is 27.7 Å². The number of benzene rings is 5. The number of anilines is 4. The molecule has 10 heteroatoms. The molecule has 56 heavy (non-hydrogen) atoms. The van der Waals surface area contributed by atoms with Crippen molar-refractivity contribution in [1.29, 1.82) is 0 Å². The molecule has 0 spiro atoms. The summed E-state index contributed by atoms with van der Waals surface area (Å²) in [5, 5.41) is 11.6. The monoisotopic (exact) mass is 1130 g/mol. The molecule has 0 heterocycles. The number of rotatable bonds is 14. The Bertz CT molecular complexity index is 2010. The quantitative estimate of drug-likeness (QED) is 0.0948. The van der Waals surface area contributed by atoms with Gasteiger partial charge in [0, 0.05) is 0 Å². The van der Waals surface area contributed by atoms with E-state index in [1.54, 1.807) is 27.7 Å². The molecule has 0 bridgehead atoms. The Kier molecular flexibility index (Phi) is 14.2. The second-order valence-electron chi connectivity index (χ2n) is 13.3. The Hall–Kier alpha value is -5.29. The number of carbonyl (C=O) groups is 4. The van der Waals surface area contributed by atoms with Gasteiger partial charge in [-0.1, -0.05) is 0 Å². The van der Waals surface area contributed by atoms with Crippen molar-refractivity contribution in [2.45, 2.75) is 27.7 Å². The summed E-state index contributed by atoms with van der Waals surface area (Å²) in [7, 11) is 0. The molecule has 4 amide bonds. The number of carbonyl (C=O) groups excluding carboxylic acids is 4. The second-order valence-corrected chi connectivity index (χ2v) is 30.6. The van der Waals surface area contributed by atoms with Crippen molar-refractivity contribution in [1.82, 2.24) is 0 Å². The van der Waals surface area contributed by atoms with E-state index in [9.17, 15) is 19.2 Å². The molecule has 0 atom stereocenters. The third kappa shape index (κ3) is 10.9. The summed E-state index contributed by atoms with van der Waals surface area (Å²) in [5.74, 6) is -0.895. The van der Waals surface area contributed by atoms with Crippen LogP contribution in [0, 0.1) is 0 Å². The first kappa shape index (κ1) is 41.9. The van der Waals surface area contributed by atoms with Crippen LogP contribution in [-0.4, -0.2) is 67.1 Å². The first-order valence-corrected chi connectivity index (χ1v) is 28.1. The predicted octanol–water partition coefficient (Wildman–Crippen LogP) is 4.78. The SMILES string of the molecule is C=C(C)C(=O)Nc1cc[c]([Bi]([c]2ccc(NC(=O)C(=C)C)cc2)[c]2cc[c]([Bi]([c]3ccc(NC(=O)C(=C)C)cc3)[c]3ccc(NC(=O)C(=C)C)cc3)cc2)cc1. The number of hydrogen-bond acceptors (Lipinski definition) is 4. The minimum atomic E-state index is -2.93. The van der Waals surface area contributed by atoms with Gasteiger partial charge in [-0.15, -0.1) is 0 Å². The standard InChI is InChI=1S/4C10H10NO.C6H4.2Bi/c4*1-8(2)10(12)11-9-6-4-3-5-7-9;1-2-4-6-5-3-1;;/h4*4-7H,1H2,2H3,(H,11,12);1-2,5-6H;;. The first-order valence-electron chi connectivity index (χ1n) is 17.7. The average Bonchev–Trinajstić information content (AvgIpc) is 3.18. The van der Waals surface area contributed by atoms with Crippen LogP contribution >= 0.6 is 0 Å². The van der Waals surface area contributed by atoms with E-state index in [2.05, 4.69) is 120 Å².